The molecule has 0 saturated heterocycles. The van der Waals surface area contributed by atoms with E-state index in [0.29, 0.717) is 5.92 Å². The Morgan fingerprint density at radius 2 is 1.41 bits per heavy atom. The van der Waals surface area contributed by atoms with Crippen LogP contribution in [0.3, 0.4) is 0 Å². The lowest BCUT2D eigenvalue weighted by Crippen LogP contribution is -2.29. The fourth-order valence-corrected chi connectivity index (χ4v) is 3.92. The molecule has 1 aromatic carbocycles. The van der Waals surface area contributed by atoms with Crippen LogP contribution in [-0.4, -0.2) is 74.7 Å². The second-order valence-corrected chi connectivity index (χ2v) is 8.32. The molecule has 0 saturated carbocycles. The molecule has 1 aromatic rings. The fraction of sp³-hybridized carbons (Fsp3) is 0.500. The van der Waals surface area contributed by atoms with E-state index >= 15 is 0 Å². The van der Waals surface area contributed by atoms with Crippen molar-refractivity contribution in [2.45, 2.75) is 52.4 Å². The average molecular weight is 547 g/mol. The van der Waals surface area contributed by atoms with Gasteiger partial charge in [-0.25, -0.2) is 19.2 Å². The lowest BCUT2D eigenvalue weighted by atomic mass is 9.99. The standard InChI is InChI=1S/C18H27BrN2O.2C2H2O4/c1-4-8-21(9-5-2)12-15-7-6-14-10-17(19)18(11-16(14)15)20-13(3)22;2*3-1(4)2(5)6/h10-11,15H,4-9,12H2,1-3H3,(H,20,22);2*(H,3,4)(H,5,6). The second-order valence-electron chi connectivity index (χ2n) is 7.47. The van der Waals surface area contributed by atoms with Gasteiger partial charge in [0.15, 0.2) is 0 Å². The van der Waals surface area contributed by atoms with Gasteiger partial charge >= 0.3 is 23.9 Å². The number of carbonyl (C=O) groups is 5. The molecule has 11 nitrogen and oxygen atoms in total. The van der Waals surface area contributed by atoms with Crippen LogP contribution < -0.4 is 5.32 Å². The van der Waals surface area contributed by atoms with E-state index < -0.39 is 23.9 Å². The smallest absolute Gasteiger partial charge is 0.414 e. The number of anilines is 1. The number of nitrogens with one attached hydrogen (secondary N) is 1. The maximum Gasteiger partial charge on any atom is 0.414 e. The van der Waals surface area contributed by atoms with E-state index in [1.165, 1.54) is 43.5 Å². The zero-order chi connectivity index (χ0) is 26.4. The number of amides is 1. The third-order valence-corrected chi connectivity index (χ3v) is 5.32. The Labute approximate surface area is 205 Å². The van der Waals surface area contributed by atoms with Crippen molar-refractivity contribution in [1.29, 1.82) is 0 Å². The van der Waals surface area contributed by atoms with Gasteiger partial charge in [-0.1, -0.05) is 13.8 Å². The zero-order valence-electron chi connectivity index (χ0n) is 19.3. The summed E-state index contributed by atoms with van der Waals surface area (Å²) in [4.78, 5) is 50.3. The third kappa shape index (κ3) is 11.8. The monoisotopic (exact) mass is 546 g/mol. The molecule has 0 fully saturated rings. The molecule has 1 unspecified atom stereocenters. The highest BCUT2D eigenvalue weighted by atomic mass is 79.9. The predicted octanol–water partition coefficient (Wildman–Crippen LogP) is 2.87. The highest BCUT2D eigenvalue weighted by molar-refractivity contribution is 9.10. The van der Waals surface area contributed by atoms with Crippen LogP contribution in [0.5, 0.6) is 0 Å². The van der Waals surface area contributed by atoms with Gasteiger partial charge in [-0.2, -0.15) is 0 Å². The average Bonchev–Trinajstić information content (AvgIpc) is 3.10. The first-order chi connectivity index (χ1) is 15.8. The molecule has 34 heavy (non-hydrogen) atoms. The van der Waals surface area contributed by atoms with Gasteiger partial charge in [0.05, 0.1) is 5.69 Å². The van der Waals surface area contributed by atoms with E-state index in [-0.39, 0.29) is 5.91 Å². The number of halogens is 1. The first-order valence-corrected chi connectivity index (χ1v) is 11.4. The van der Waals surface area contributed by atoms with Crippen molar-refractivity contribution in [1.82, 2.24) is 4.90 Å². The molecule has 1 aliphatic rings. The van der Waals surface area contributed by atoms with Gasteiger partial charge < -0.3 is 30.6 Å². The molecular weight excluding hydrogens is 516 g/mol. The molecule has 2 rings (SSSR count). The molecule has 0 aliphatic heterocycles. The first-order valence-electron chi connectivity index (χ1n) is 10.6. The van der Waals surface area contributed by atoms with Crippen molar-refractivity contribution in [3.63, 3.8) is 0 Å². The topological polar surface area (TPSA) is 182 Å². The lowest BCUT2D eigenvalue weighted by Gasteiger charge is -2.25. The zero-order valence-corrected chi connectivity index (χ0v) is 20.9. The number of nitrogens with zero attached hydrogens (tertiary/aromatic N) is 1. The highest BCUT2D eigenvalue weighted by Gasteiger charge is 2.25. The Morgan fingerprint density at radius 1 is 0.941 bits per heavy atom. The number of carboxylic acids is 4. The fourth-order valence-electron chi connectivity index (χ4n) is 3.43. The number of aliphatic carboxylic acids is 4. The minimum atomic E-state index is -1.82. The summed E-state index contributed by atoms with van der Waals surface area (Å²) in [5.41, 5.74) is 3.75. The number of carbonyl (C=O) groups excluding carboxylic acids is 1. The molecule has 1 amide bonds. The predicted molar refractivity (Wildman–Crippen MR) is 127 cm³/mol. The van der Waals surface area contributed by atoms with Crippen LogP contribution in [0.2, 0.25) is 0 Å². The summed E-state index contributed by atoms with van der Waals surface area (Å²) in [7, 11) is 0. The van der Waals surface area contributed by atoms with Gasteiger partial charge in [-0.15, -0.1) is 0 Å². The van der Waals surface area contributed by atoms with Crippen LogP contribution in [-0.2, 0) is 30.4 Å². The normalized spacial score (nSPS) is 13.5. The van der Waals surface area contributed by atoms with Gasteiger partial charge in [-0.05, 0) is 83.9 Å². The molecule has 0 aromatic heterocycles. The van der Waals surface area contributed by atoms with E-state index in [2.05, 4.69) is 52.1 Å². The van der Waals surface area contributed by atoms with E-state index in [1.54, 1.807) is 6.92 Å². The number of fused-ring (bicyclic) bond motifs is 1. The Kier molecular flexibility index (Phi) is 14.4. The molecule has 0 heterocycles. The van der Waals surface area contributed by atoms with Crippen molar-refractivity contribution >= 4 is 51.4 Å². The minimum absolute atomic E-state index is 0.0196. The van der Waals surface area contributed by atoms with Crippen LogP contribution in [0.15, 0.2) is 16.6 Å². The summed E-state index contributed by atoms with van der Waals surface area (Å²) in [6.45, 7) is 9.54. The van der Waals surface area contributed by atoms with Crippen molar-refractivity contribution in [2.75, 3.05) is 25.0 Å². The van der Waals surface area contributed by atoms with Crippen LogP contribution in [0.4, 0.5) is 5.69 Å². The Balaban J connectivity index is 0.000000750. The molecule has 1 aliphatic carbocycles. The molecule has 0 radical (unpaired) electrons. The number of hydrogen-bond donors (Lipinski definition) is 5. The third-order valence-electron chi connectivity index (χ3n) is 4.67. The van der Waals surface area contributed by atoms with Crippen LogP contribution in [0.1, 0.15) is 57.1 Å². The summed E-state index contributed by atoms with van der Waals surface area (Å²) >= 11 is 3.57. The maximum absolute atomic E-state index is 11.4. The lowest BCUT2D eigenvalue weighted by molar-refractivity contribution is -0.159. The Morgan fingerprint density at radius 3 is 1.79 bits per heavy atom. The molecule has 1 atom stereocenters. The maximum atomic E-state index is 11.4. The Bertz CT molecular complexity index is 835. The molecule has 5 N–H and O–H groups in total. The summed E-state index contributed by atoms with van der Waals surface area (Å²) in [6.07, 6.45) is 4.77. The SMILES string of the molecule is CCCN(CCC)CC1CCc2cc(Br)c(NC(C)=O)cc21.O=C(O)C(=O)O.O=C(O)C(=O)O. The molecule has 12 heteroatoms. The molecule has 0 bridgehead atoms. The minimum Gasteiger partial charge on any atom is -0.473 e. The quantitative estimate of drug-likeness (QED) is 0.318. The number of aryl methyl sites for hydroxylation is 1. The van der Waals surface area contributed by atoms with E-state index in [4.69, 9.17) is 39.6 Å². The van der Waals surface area contributed by atoms with Gasteiger partial charge in [0, 0.05) is 17.9 Å². The number of carboxylic acid groups (broad SMARTS) is 4. The summed E-state index contributed by atoms with van der Waals surface area (Å²) in [5.74, 6) is -6.72. The van der Waals surface area contributed by atoms with Crippen LogP contribution in [0, 0.1) is 0 Å². The number of rotatable bonds is 7. The van der Waals surface area contributed by atoms with Gasteiger partial charge in [0.25, 0.3) is 0 Å². The summed E-state index contributed by atoms with van der Waals surface area (Å²) in [5, 5.41) is 32.5. The van der Waals surface area contributed by atoms with E-state index in [9.17, 15) is 4.79 Å². The highest BCUT2D eigenvalue weighted by Crippen LogP contribution is 2.38. The second kappa shape index (κ2) is 15.8. The first kappa shape index (κ1) is 31.0. The number of hydrogen-bond acceptors (Lipinski definition) is 6. The van der Waals surface area contributed by atoms with Crippen molar-refractivity contribution < 1.29 is 44.4 Å². The van der Waals surface area contributed by atoms with Gasteiger partial charge in [0.1, 0.15) is 0 Å². The number of benzene rings is 1. The molecular formula is C22H31BrN2O9. The summed E-state index contributed by atoms with van der Waals surface area (Å²) in [6, 6.07) is 4.36. The van der Waals surface area contributed by atoms with Crippen LogP contribution in [0.25, 0.3) is 0 Å². The van der Waals surface area contributed by atoms with Crippen LogP contribution >= 0.6 is 15.9 Å². The van der Waals surface area contributed by atoms with E-state index in [0.717, 1.165) is 23.1 Å². The largest absolute Gasteiger partial charge is 0.473 e. The summed E-state index contributed by atoms with van der Waals surface area (Å²) < 4.78 is 0.987. The van der Waals surface area contributed by atoms with Crippen molar-refractivity contribution in [3.8, 4) is 0 Å². The van der Waals surface area contributed by atoms with Crippen molar-refractivity contribution in [3.05, 3.63) is 27.7 Å². The van der Waals surface area contributed by atoms with E-state index in [1.807, 2.05) is 0 Å². The molecule has 0 spiro atoms. The van der Waals surface area contributed by atoms with Crippen molar-refractivity contribution in [2.24, 2.45) is 0 Å². The Hall–Kier alpha value is -2.99. The molecule has 190 valence electrons. The van der Waals surface area contributed by atoms with Gasteiger partial charge in [0.2, 0.25) is 5.91 Å². The van der Waals surface area contributed by atoms with Gasteiger partial charge in [-0.3, -0.25) is 4.79 Å².